The number of nitrogens with two attached hydrogens (primary N) is 1. The van der Waals surface area contributed by atoms with Crippen molar-refractivity contribution < 1.29 is 73.6 Å². The molecule has 2 fully saturated rings. The van der Waals surface area contributed by atoms with Gasteiger partial charge in [-0.2, -0.15) is 0 Å². The van der Waals surface area contributed by atoms with Crippen molar-refractivity contribution in [3.8, 4) is 0 Å². The summed E-state index contributed by atoms with van der Waals surface area (Å²) in [5.41, 5.74) is 6.77. The Kier molecular flexibility index (Phi) is 19.6. The number of rotatable bonds is 21. The number of hydrogen-bond acceptors (Lipinski definition) is 16. The lowest BCUT2D eigenvalue weighted by Gasteiger charge is -2.38. The van der Waals surface area contributed by atoms with Crippen LogP contribution in [0.5, 0.6) is 0 Å². The highest BCUT2D eigenvalue weighted by Gasteiger charge is 2.43. The minimum atomic E-state index is -1.54. The first-order chi connectivity index (χ1) is 26.6. The van der Waals surface area contributed by atoms with Gasteiger partial charge in [-0.1, -0.05) is 30.3 Å². The molecule has 1 aromatic carbocycles. The molecule has 0 unspecified atom stereocenters. The van der Waals surface area contributed by atoms with Crippen molar-refractivity contribution in [1.29, 1.82) is 0 Å². The summed E-state index contributed by atoms with van der Waals surface area (Å²) in [6.45, 7) is 2.54. The van der Waals surface area contributed by atoms with Gasteiger partial charge in [0.15, 0.2) is 12.6 Å². The van der Waals surface area contributed by atoms with Crippen LogP contribution in [0, 0.1) is 0 Å². The molecule has 316 valence electrons. The summed E-state index contributed by atoms with van der Waals surface area (Å²) in [5, 5.41) is 69.8. The van der Waals surface area contributed by atoms with Crippen molar-refractivity contribution in [3.05, 3.63) is 35.9 Å². The van der Waals surface area contributed by atoms with Crippen molar-refractivity contribution in [2.24, 2.45) is 5.73 Å². The first-order valence-electron chi connectivity index (χ1n) is 18.7. The number of ether oxygens (including phenoxy) is 4. The number of unbranched alkanes of at least 4 members (excludes halogenated alkanes) is 1. The van der Waals surface area contributed by atoms with Crippen LogP contribution >= 0.6 is 0 Å². The summed E-state index contributed by atoms with van der Waals surface area (Å²) in [7, 11) is 0. The normalized spacial score (nSPS) is 28.7. The Morgan fingerprint density at radius 3 is 1.75 bits per heavy atom. The summed E-state index contributed by atoms with van der Waals surface area (Å²) in [4.78, 5) is 63.2. The minimum absolute atomic E-state index is 0.0312. The van der Waals surface area contributed by atoms with Gasteiger partial charge in [0.05, 0.1) is 31.5 Å². The average Bonchev–Trinajstić information content (AvgIpc) is 3.17. The number of amides is 5. The van der Waals surface area contributed by atoms with Crippen molar-refractivity contribution in [3.63, 3.8) is 0 Å². The third-order valence-corrected chi connectivity index (χ3v) is 9.27. The molecule has 0 saturated carbocycles. The van der Waals surface area contributed by atoms with E-state index in [9.17, 15) is 54.6 Å². The standard InChI is InChI=1S/C36H57N5O15/c1-19-27(45)29(47)31(49)35(55-19)53-16-14-38-24(42)13-12-23(34(52)39-15-17-54-36-32(50)30(48)28(46)20(2)56-36)40-25(43)10-6-7-11-26(44)41-33(51)22(37)18-21-8-4-3-5-9-21/h3-5,8-9,19-20,22-23,27-32,35-36,45-50H,6-7,10-18,37H2,1-2H3,(H,38,42)(H,39,52)(H,40,43)(H,41,44,51)/t19-,20-,22-,23-,27+,28+,29+,30+,31-,32-,35+,36+/m0/s1. The van der Waals surface area contributed by atoms with E-state index in [1.807, 2.05) is 30.3 Å². The molecule has 20 heteroatoms. The number of carbonyl (C=O) groups is 5. The van der Waals surface area contributed by atoms with Gasteiger partial charge in [0.25, 0.3) is 0 Å². The number of aliphatic hydroxyl groups is 6. The van der Waals surface area contributed by atoms with E-state index >= 15 is 0 Å². The fourth-order valence-corrected chi connectivity index (χ4v) is 5.86. The molecule has 1 aromatic rings. The van der Waals surface area contributed by atoms with Crippen LogP contribution < -0.4 is 27.0 Å². The van der Waals surface area contributed by atoms with Crippen molar-refractivity contribution in [2.75, 3.05) is 26.3 Å². The van der Waals surface area contributed by atoms with Crippen LogP contribution in [0.25, 0.3) is 0 Å². The molecule has 5 amide bonds. The summed E-state index contributed by atoms with van der Waals surface area (Å²) in [6.07, 6.45) is -12.5. The Labute approximate surface area is 324 Å². The van der Waals surface area contributed by atoms with Gasteiger partial charge in [0.2, 0.25) is 29.5 Å². The van der Waals surface area contributed by atoms with E-state index in [0.717, 1.165) is 5.56 Å². The molecule has 2 aliphatic heterocycles. The molecule has 12 N–H and O–H groups in total. The number of carbonyl (C=O) groups excluding carboxylic acids is 5. The molecular formula is C36H57N5O15. The zero-order valence-corrected chi connectivity index (χ0v) is 31.5. The quantitative estimate of drug-likeness (QED) is 0.0527. The Morgan fingerprint density at radius 1 is 0.679 bits per heavy atom. The zero-order valence-electron chi connectivity index (χ0n) is 31.5. The van der Waals surface area contributed by atoms with E-state index in [0.29, 0.717) is 0 Å². The largest absolute Gasteiger partial charge is 0.388 e. The summed E-state index contributed by atoms with van der Waals surface area (Å²) < 4.78 is 21.5. The van der Waals surface area contributed by atoms with E-state index in [1.54, 1.807) is 0 Å². The number of benzene rings is 1. The van der Waals surface area contributed by atoms with Crippen LogP contribution in [0.4, 0.5) is 0 Å². The lowest BCUT2D eigenvalue weighted by atomic mass is 10.0. The third kappa shape index (κ3) is 15.0. The first-order valence-corrected chi connectivity index (χ1v) is 18.7. The third-order valence-electron chi connectivity index (χ3n) is 9.27. The van der Waals surface area contributed by atoms with Crippen LogP contribution in [0.15, 0.2) is 30.3 Å². The van der Waals surface area contributed by atoms with Crippen LogP contribution in [0.1, 0.15) is 57.9 Å². The number of nitrogens with one attached hydrogen (secondary N) is 4. The van der Waals surface area contributed by atoms with E-state index in [1.165, 1.54) is 13.8 Å². The molecule has 12 atom stereocenters. The molecule has 56 heavy (non-hydrogen) atoms. The second kappa shape index (κ2) is 23.5. The smallest absolute Gasteiger partial charge is 0.243 e. The summed E-state index contributed by atoms with van der Waals surface area (Å²) >= 11 is 0. The van der Waals surface area contributed by atoms with Crippen LogP contribution in [-0.2, 0) is 49.3 Å². The van der Waals surface area contributed by atoms with Gasteiger partial charge < -0.3 is 71.3 Å². The van der Waals surface area contributed by atoms with Crippen molar-refractivity contribution in [1.82, 2.24) is 21.3 Å². The lowest BCUT2D eigenvalue weighted by molar-refractivity contribution is -0.292. The molecule has 0 aromatic heterocycles. The highest BCUT2D eigenvalue weighted by Crippen LogP contribution is 2.22. The molecule has 2 saturated heterocycles. The van der Waals surface area contributed by atoms with Gasteiger partial charge in [-0.05, 0) is 45.1 Å². The van der Waals surface area contributed by atoms with E-state index in [2.05, 4.69) is 21.3 Å². The lowest BCUT2D eigenvalue weighted by Crippen LogP contribution is -2.57. The Bertz CT molecular complexity index is 1410. The maximum Gasteiger partial charge on any atom is 0.243 e. The first kappa shape index (κ1) is 46.7. The number of imide groups is 1. The molecule has 0 spiro atoms. The van der Waals surface area contributed by atoms with Crippen LogP contribution in [0.2, 0.25) is 0 Å². The molecule has 0 radical (unpaired) electrons. The highest BCUT2D eigenvalue weighted by molar-refractivity contribution is 5.97. The molecule has 3 rings (SSSR count). The van der Waals surface area contributed by atoms with Crippen LogP contribution in [0.3, 0.4) is 0 Å². The van der Waals surface area contributed by atoms with Gasteiger partial charge in [-0.25, -0.2) is 0 Å². The maximum absolute atomic E-state index is 13.1. The predicted octanol–water partition coefficient (Wildman–Crippen LogP) is -4.05. The topological polar surface area (TPSA) is 318 Å². The van der Waals surface area contributed by atoms with Gasteiger partial charge in [-0.3, -0.25) is 29.3 Å². The van der Waals surface area contributed by atoms with E-state index in [4.69, 9.17) is 24.7 Å². The zero-order chi connectivity index (χ0) is 41.4. The molecule has 20 nitrogen and oxygen atoms in total. The minimum Gasteiger partial charge on any atom is -0.388 e. The SMILES string of the molecule is C[C@@H]1O[C@@H](OCCNC(=O)CC[C@H](NC(=O)CCCCC(=O)NC(=O)[C@@H](N)Cc2ccccc2)C(=O)NCCO[C@@H]2O[C@@H](C)[C@@H](O)[C@@H](O)[C@@H]2O)[C@@H](O)[C@H](O)[C@@H]1O. The number of aliphatic hydroxyl groups excluding tert-OH is 6. The molecule has 2 heterocycles. The molecule has 2 aliphatic rings. The molecule has 0 aliphatic carbocycles. The fraction of sp³-hybridized carbons (Fsp3) is 0.694. The Hall–Kier alpha value is -3.67. The van der Waals surface area contributed by atoms with Crippen LogP contribution in [-0.4, -0.2) is 160 Å². The molecular weight excluding hydrogens is 742 g/mol. The monoisotopic (exact) mass is 799 g/mol. The highest BCUT2D eigenvalue weighted by atomic mass is 16.7. The maximum atomic E-state index is 13.1. The van der Waals surface area contributed by atoms with E-state index in [-0.39, 0.29) is 71.2 Å². The Morgan fingerprint density at radius 2 is 1.20 bits per heavy atom. The van der Waals surface area contributed by atoms with Gasteiger partial charge >= 0.3 is 0 Å². The average molecular weight is 800 g/mol. The summed E-state index contributed by atoms with van der Waals surface area (Å²) in [5.74, 6) is -2.86. The fourth-order valence-electron chi connectivity index (χ4n) is 5.86. The van der Waals surface area contributed by atoms with E-state index < -0.39 is 103 Å². The Balaban J connectivity index is 1.44. The number of hydrogen-bond donors (Lipinski definition) is 11. The van der Waals surface area contributed by atoms with Gasteiger partial charge in [0.1, 0.15) is 42.7 Å². The predicted molar refractivity (Wildman–Crippen MR) is 194 cm³/mol. The van der Waals surface area contributed by atoms with Gasteiger partial charge in [-0.15, -0.1) is 0 Å². The van der Waals surface area contributed by atoms with Gasteiger partial charge in [0, 0.05) is 32.4 Å². The summed E-state index contributed by atoms with van der Waals surface area (Å²) in [6, 6.07) is 7.00. The van der Waals surface area contributed by atoms with Crippen molar-refractivity contribution >= 4 is 29.5 Å². The second-order valence-corrected chi connectivity index (χ2v) is 13.8. The molecule has 0 bridgehead atoms. The second-order valence-electron chi connectivity index (χ2n) is 13.8. The van der Waals surface area contributed by atoms with Crippen molar-refractivity contribution in [2.45, 2.75) is 132 Å².